The Labute approximate surface area is 120 Å². The van der Waals surface area contributed by atoms with E-state index >= 15 is 0 Å². The van der Waals surface area contributed by atoms with Crippen LogP contribution >= 0.6 is 11.3 Å². The van der Waals surface area contributed by atoms with Gasteiger partial charge in [0.1, 0.15) is 5.69 Å². The van der Waals surface area contributed by atoms with Crippen molar-refractivity contribution in [1.82, 2.24) is 15.0 Å². The number of thiazole rings is 1. The SMILES string of the molecule is c1ccc2[nH]c(-c3csc(N4CCOCC4)n3)nc2c1. The Kier molecular flexibility index (Phi) is 2.90. The minimum absolute atomic E-state index is 0.777. The number of hydrogen-bond acceptors (Lipinski definition) is 5. The number of para-hydroxylation sites is 2. The van der Waals surface area contributed by atoms with Crippen LogP contribution in [0.5, 0.6) is 0 Å². The van der Waals surface area contributed by atoms with Crippen molar-refractivity contribution in [2.45, 2.75) is 0 Å². The molecule has 3 aromatic rings. The monoisotopic (exact) mass is 286 g/mol. The first-order valence-electron chi connectivity index (χ1n) is 6.63. The van der Waals surface area contributed by atoms with Gasteiger partial charge in [0.15, 0.2) is 11.0 Å². The van der Waals surface area contributed by atoms with E-state index in [2.05, 4.69) is 20.2 Å². The summed E-state index contributed by atoms with van der Waals surface area (Å²) in [4.78, 5) is 14.9. The van der Waals surface area contributed by atoms with E-state index in [-0.39, 0.29) is 0 Å². The summed E-state index contributed by atoms with van der Waals surface area (Å²) in [5, 5.41) is 3.10. The molecule has 1 N–H and O–H groups in total. The van der Waals surface area contributed by atoms with Crippen LogP contribution in [0, 0.1) is 0 Å². The predicted octanol–water partition coefficient (Wildman–Crippen LogP) is 2.52. The number of rotatable bonds is 2. The van der Waals surface area contributed by atoms with Gasteiger partial charge < -0.3 is 14.6 Å². The minimum atomic E-state index is 0.777. The van der Waals surface area contributed by atoms with Gasteiger partial charge in [-0.15, -0.1) is 11.3 Å². The molecule has 6 heteroatoms. The summed E-state index contributed by atoms with van der Waals surface area (Å²) in [6.45, 7) is 3.37. The number of H-pyrrole nitrogens is 1. The highest BCUT2D eigenvalue weighted by Gasteiger charge is 2.16. The maximum Gasteiger partial charge on any atom is 0.186 e. The number of aromatic nitrogens is 3. The van der Waals surface area contributed by atoms with E-state index in [1.54, 1.807) is 11.3 Å². The van der Waals surface area contributed by atoms with Crippen molar-refractivity contribution in [3.05, 3.63) is 29.6 Å². The van der Waals surface area contributed by atoms with E-state index in [1.165, 1.54) is 0 Å². The van der Waals surface area contributed by atoms with Gasteiger partial charge in [-0.1, -0.05) is 12.1 Å². The van der Waals surface area contributed by atoms with Gasteiger partial charge in [-0.2, -0.15) is 0 Å². The second kappa shape index (κ2) is 4.88. The van der Waals surface area contributed by atoms with Crippen LogP contribution in [0.25, 0.3) is 22.6 Å². The molecule has 0 amide bonds. The number of nitrogens with zero attached hydrogens (tertiary/aromatic N) is 3. The zero-order chi connectivity index (χ0) is 13.4. The first-order valence-corrected chi connectivity index (χ1v) is 7.51. The quantitative estimate of drug-likeness (QED) is 0.786. The Balaban J connectivity index is 1.66. The van der Waals surface area contributed by atoms with E-state index < -0.39 is 0 Å². The highest BCUT2D eigenvalue weighted by atomic mass is 32.1. The Morgan fingerprint density at radius 1 is 1.15 bits per heavy atom. The number of imidazole rings is 1. The zero-order valence-corrected chi connectivity index (χ0v) is 11.7. The van der Waals surface area contributed by atoms with Gasteiger partial charge >= 0.3 is 0 Å². The third-order valence-corrected chi connectivity index (χ3v) is 4.31. The molecule has 1 saturated heterocycles. The smallest absolute Gasteiger partial charge is 0.186 e. The molecule has 0 unspecified atom stereocenters. The predicted molar refractivity (Wildman–Crippen MR) is 80.2 cm³/mol. The van der Waals surface area contributed by atoms with Crippen LogP contribution in [0.3, 0.4) is 0 Å². The Morgan fingerprint density at radius 3 is 2.85 bits per heavy atom. The number of nitrogens with one attached hydrogen (secondary N) is 1. The molecule has 102 valence electrons. The van der Waals surface area contributed by atoms with Gasteiger partial charge in [0, 0.05) is 18.5 Å². The molecule has 5 nitrogen and oxygen atoms in total. The molecule has 1 fully saturated rings. The van der Waals surface area contributed by atoms with Crippen molar-refractivity contribution in [3.8, 4) is 11.5 Å². The lowest BCUT2D eigenvalue weighted by Gasteiger charge is -2.25. The fourth-order valence-electron chi connectivity index (χ4n) is 2.35. The topological polar surface area (TPSA) is 54.0 Å². The Morgan fingerprint density at radius 2 is 2.00 bits per heavy atom. The fourth-order valence-corrected chi connectivity index (χ4v) is 3.21. The lowest BCUT2D eigenvalue weighted by atomic mass is 10.3. The van der Waals surface area contributed by atoms with Gasteiger partial charge in [0.2, 0.25) is 0 Å². The van der Waals surface area contributed by atoms with E-state index in [0.717, 1.165) is 54.0 Å². The third kappa shape index (κ3) is 2.07. The van der Waals surface area contributed by atoms with Crippen molar-refractivity contribution >= 4 is 27.5 Å². The summed E-state index contributed by atoms with van der Waals surface area (Å²) in [5.74, 6) is 0.835. The minimum Gasteiger partial charge on any atom is -0.378 e. The molecule has 1 aliphatic rings. The molecule has 20 heavy (non-hydrogen) atoms. The van der Waals surface area contributed by atoms with Crippen LogP contribution in [-0.4, -0.2) is 41.3 Å². The van der Waals surface area contributed by atoms with Gasteiger partial charge in [0.05, 0.1) is 24.2 Å². The molecular formula is C14H14N4OS. The van der Waals surface area contributed by atoms with Crippen molar-refractivity contribution in [3.63, 3.8) is 0 Å². The third-order valence-electron chi connectivity index (χ3n) is 3.41. The van der Waals surface area contributed by atoms with Gasteiger partial charge in [-0.3, -0.25) is 0 Å². The Hall–Kier alpha value is -1.92. The normalized spacial score (nSPS) is 15.9. The van der Waals surface area contributed by atoms with Crippen molar-refractivity contribution in [1.29, 1.82) is 0 Å². The van der Waals surface area contributed by atoms with Crippen LogP contribution in [0.4, 0.5) is 5.13 Å². The molecule has 1 aromatic carbocycles. The summed E-state index contributed by atoms with van der Waals surface area (Å²) in [5.41, 5.74) is 2.93. The highest BCUT2D eigenvalue weighted by molar-refractivity contribution is 7.14. The summed E-state index contributed by atoms with van der Waals surface area (Å²) >= 11 is 1.66. The number of hydrogen-bond donors (Lipinski definition) is 1. The number of anilines is 1. The zero-order valence-electron chi connectivity index (χ0n) is 10.9. The van der Waals surface area contributed by atoms with E-state index in [9.17, 15) is 0 Å². The van der Waals surface area contributed by atoms with Crippen molar-refractivity contribution in [2.75, 3.05) is 31.2 Å². The number of fused-ring (bicyclic) bond motifs is 1. The molecule has 0 atom stereocenters. The second-order valence-corrected chi connectivity index (χ2v) is 5.55. The molecule has 0 spiro atoms. The van der Waals surface area contributed by atoms with Crippen LogP contribution in [-0.2, 0) is 4.74 Å². The molecule has 1 aliphatic heterocycles. The standard InChI is InChI=1S/C14H14N4OS/c1-2-4-11-10(3-1)15-13(16-11)12-9-20-14(17-12)18-5-7-19-8-6-18/h1-4,9H,5-8H2,(H,15,16). The van der Waals surface area contributed by atoms with Crippen molar-refractivity contribution < 1.29 is 4.74 Å². The summed E-state index contributed by atoms with van der Waals surface area (Å²) in [6, 6.07) is 8.03. The molecule has 0 radical (unpaired) electrons. The fraction of sp³-hybridized carbons (Fsp3) is 0.286. The van der Waals surface area contributed by atoms with Crippen LogP contribution < -0.4 is 4.90 Å². The number of morpholine rings is 1. The van der Waals surface area contributed by atoms with Gasteiger partial charge in [0.25, 0.3) is 0 Å². The largest absolute Gasteiger partial charge is 0.378 e. The average molecular weight is 286 g/mol. The molecule has 0 bridgehead atoms. The first kappa shape index (κ1) is 11.9. The van der Waals surface area contributed by atoms with Crippen LogP contribution in [0.1, 0.15) is 0 Å². The molecule has 2 aromatic heterocycles. The molecule has 0 aliphatic carbocycles. The maximum atomic E-state index is 5.37. The number of benzene rings is 1. The second-order valence-electron chi connectivity index (χ2n) is 4.72. The van der Waals surface area contributed by atoms with E-state index in [4.69, 9.17) is 9.72 Å². The number of ether oxygens (including phenoxy) is 1. The highest BCUT2D eigenvalue weighted by Crippen LogP contribution is 2.27. The van der Waals surface area contributed by atoms with Gasteiger partial charge in [-0.25, -0.2) is 9.97 Å². The number of aromatic amines is 1. The Bertz CT molecular complexity index is 696. The molecule has 3 heterocycles. The molecule has 0 saturated carbocycles. The van der Waals surface area contributed by atoms with E-state index in [1.807, 2.05) is 24.3 Å². The first-order chi connectivity index (χ1) is 9.90. The van der Waals surface area contributed by atoms with Crippen LogP contribution in [0.2, 0.25) is 0 Å². The summed E-state index contributed by atoms with van der Waals surface area (Å²) in [6.07, 6.45) is 0. The summed E-state index contributed by atoms with van der Waals surface area (Å²) in [7, 11) is 0. The summed E-state index contributed by atoms with van der Waals surface area (Å²) < 4.78 is 5.37. The van der Waals surface area contributed by atoms with Crippen LogP contribution in [0.15, 0.2) is 29.6 Å². The average Bonchev–Trinajstić information content (AvgIpc) is 3.14. The van der Waals surface area contributed by atoms with Gasteiger partial charge in [-0.05, 0) is 12.1 Å². The lowest BCUT2D eigenvalue weighted by Crippen LogP contribution is -2.36. The molecule has 4 rings (SSSR count). The van der Waals surface area contributed by atoms with E-state index in [0.29, 0.717) is 0 Å². The molecular weight excluding hydrogens is 272 g/mol. The lowest BCUT2D eigenvalue weighted by molar-refractivity contribution is 0.122. The maximum absolute atomic E-state index is 5.37. The van der Waals surface area contributed by atoms with Crippen molar-refractivity contribution in [2.24, 2.45) is 0 Å².